The van der Waals surface area contributed by atoms with Crippen LogP contribution in [-0.4, -0.2) is 38.2 Å². The molecule has 1 aliphatic heterocycles. The second-order valence-electron chi connectivity index (χ2n) is 8.32. The average molecular weight is 512 g/mol. The Morgan fingerprint density at radius 3 is 2.37 bits per heavy atom. The quantitative estimate of drug-likeness (QED) is 0.471. The third-order valence-corrected chi connectivity index (χ3v) is 7.80. The van der Waals surface area contributed by atoms with Crippen LogP contribution in [0.15, 0.2) is 83.8 Å². The maximum Gasteiger partial charge on any atom is 0.264 e. The summed E-state index contributed by atoms with van der Waals surface area (Å²) in [6.07, 6.45) is 1.47. The molecule has 1 fully saturated rings. The number of para-hydroxylation sites is 1. The molecule has 0 aliphatic carbocycles. The summed E-state index contributed by atoms with van der Waals surface area (Å²) in [4.78, 5) is 26.6. The molecule has 182 valence electrons. The van der Waals surface area contributed by atoms with E-state index in [4.69, 9.17) is 11.6 Å². The summed E-state index contributed by atoms with van der Waals surface area (Å²) in [5.74, 6) is -0.280. The van der Waals surface area contributed by atoms with Gasteiger partial charge >= 0.3 is 0 Å². The van der Waals surface area contributed by atoms with E-state index in [1.165, 1.54) is 24.3 Å². The van der Waals surface area contributed by atoms with Crippen LogP contribution in [-0.2, 0) is 32.7 Å². The minimum Gasteiger partial charge on any atom is -0.350 e. The van der Waals surface area contributed by atoms with Gasteiger partial charge in [-0.1, -0.05) is 54.1 Å². The Morgan fingerprint density at radius 2 is 1.69 bits per heavy atom. The zero-order valence-electron chi connectivity index (χ0n) is 19.1. The van der Waals surface area contributed by atoms with Crippen molar-refractivity contribution in [1.29, 1.82) is 0 Å². The van der Waals surface area contributed by atoms with Crippen LogP contribution in [0.2, 0.25) is 5.02 Å². The van der Waals surface area contributed by atoms with E-state index in [2.05, 4.69) is 5.32 Å². The normalized spacial score (nSPS) is 13.6. The number of carbonyl (C=O) groups is 2. The van der Waals surface area contributed by atoms with Gasteiger partial charge in [-0.2, -0.15) is 0 Å². The Kier molecular flexibility index (Phi) is 7.73. The third-order valence-electron chi connectivity index (χ3n) is 5.76. The highest BCUT2D eigenvalue weighted by atomic mass is 35.5. The molecule has 0 spiro atoms. The molecule has 9 heteroatoms. The maximum absolute atomic E-state index is 13.4. The van der Waals surface area contributed by atoms with Crippen molar-refractivity contribution < 1.29 is 18.0 Å². The Labute approximate surface area is 210 Å². The highest BCUT2D eigenvalue weighted by molar-refractivity contribution is 7.92. The number of nitrogens with zero attached hydrogens (tertiary/aromatic N) is 2. The van der Waals surface area contributed by atoms with Gasteiger partial charge in [-0.25, -0.2) is 8.42 Å². The van der Waals surface area contributed by atoms with Crippen molar-refractivity contribution in [3.63, 3.8) is 0 Å². The first kappa shape index (κ1) is 24.8. The van der Waals surface area contributed by atoms with Crippen LogP contribution in [0.3, 0.4) is 0 Å². The molecular weight excluding hydrogens is 486 g/mol. The van der Waals surface area contributed by atoms with Crippen molar-refractivity contribution in [2.45, 2.75) is 30.8 Å². The standard InChI is InChI=1S/C26H26ClN3O4S/c27-22-11-13-24(14-12-22)35(33,34)30(23-8-2-1-3-9-23)19-25(31)28-17-20-6-4-7-21(16-20)18-29-15-5-10-26(29)32/h1-4,6-9,11-14,16H,5,10,15,17-19H2,(H,28,31). The van der Waals surface area contributed by atoms with Gasteiger partial charge in [0.25, 0.3) is 10.0 Å². The van der Waals surface area contributed by atoms with E-state index in [0.29, 0.717) is 23.7 Å². The molecule has 0 atom stereocenters. The minimum absolute atomic E-state index is 0.0442. The highest BCUT2D eigenvalue weighted by Gasteiger charge is 2.27. The van der Waals surface area contributed by atoms with Gasteiger partial charge in [-0.3, -0.25) is 13.9 Å². The number of amides is 2. The third kappa shape index (κ3) is 6.21. The van der Waals surface area contributed by atoms with Crippen LogP contribution >= 0.6 is 11.6 Å². The van der Waals surface area contributed by atoms with Crippen LogP contribution in [0.1, 0.15) is 24.0 Å². The average Bonchev–Trinajstić information content (AvgIpc) is 3.26. The molecule has 1 aliphatic rings. The van der Waals surface area contributed by atoms with Crippen LogP contribution in [0.5, 0.6) is 0 Å². The summed E-state index contributed by atoms with van der Waals surface area (Å²) in [7, 11) is -4.00. The largest absolute Gasteiger partial charge is 0.350 e. The molecule has 3 aromatic carbocycles. The van der Waals surface area contributed by atoms with E-state index in [1.807, 2.05) is 29.2 Å². The zero-order chi connectivity index (χ0) is 24.8. The van der Waals surface area contributed by atoms with Crippen molar-refractivity contribution in [2.75, 3.05) is 17.4 Å². The number of anilines is 1. The lowest BCUT2D eigenvalue weighted by Gasteiger charge is -2.24. The summed E-state index contributed by atoms with van der Waals surface area (Å²) < 4.78 is 27.8. The van der Waals surface area contributed by atoms with Gasteiger partial charge in [0, 0.05) is 31.1 Å². The molecule has 2 amide bonds. The molecule has 3 aromatic rings. The lowest BCUT2D eigenvalue weighted by Crippen LogP contribution is -2.40. The smallest absolute Gasteiger partial charge is 0.264 e. The lowest BCUT2D eigenvalue weighted by atomic mass is 10.1. The Balaban J connectivity index is 1.46. The fourth-order valence-corrected chi connectivity index (χ4v) is 5.51. The first-order chi connectivity index (χ1) is 16.8. The molecular formula is C26H26ClN3O4S. The molecule has 0 aromatic heterocycles. The Hall–Kier alpha value is -3.36. The summed E-state index contributed by atoms with van der Waals surface area (Å²) in [6, 6.07) is 22.0. The van der Waals surface area contributed by atoms with Crippen LogP contribution in [0.4, 0.5) is 5.69 Å². The number of halogens is 1. The van der Waals surface area contributed by atoms with E-state index >= 15 is 0 Å². The van der Waals surface area contributed by atoms with Gasteiger partial charge in [0.1, 0.15) is 6.54 Å². The van der Waals surface area contributed by atoms with Crippen molar-refractivity contribution in [3.8, 4) is 0 Å². The van der Waals surface area contributed by atoms with Crippen LogP contribution in [0, 0.1) is 0 Å². The number of rotatable bonds is 9. The molecule has 4 rings (SSSR count). The molecule has 0 bridgehead atoms. The second kappa shape index (κ2) is 10.9. The molecule has 0 unspecified atom stereocenters. The van der Waals surface area contributed by atoms with E-state index in [1.54, 1.807) is 30.3 Å². The van der Waals surface area contributed by atoms with Gasteiger partial charge in [0.2, 0.25) is 11.8 Å². The van der Waals surface area contributed by atoms with Crippen molar-refractivity contribution >= 4 is 39.1 Å². The molecule has 0 radical (unpaired) electrons. The molecule has 1 heterocycles. The van der Waals surface area contributed by atoms with Crippen molar-refractivity contribution in [3.05, 3.63) is 95.0 Å². The number of nitrogens with one attached hydrogen (secondary N) is 1. The van der Waals surface area contributed by atoms with E-state index in [9.17, 15) is 18.0 Å². The predicted octanol–water partition coefficient (Wildman–Crippen LogP) is 3.97. The minimum atomic E-state index is -4.00. The monoisotopic (exact) mass is 511 g/mol. The summed E-state index contributed by atoms with van der Waals surface area (Å²) in [5, 5.41) is 3.24. The summed E-state index contributed by atoms with van der Waals surface area (Å²) in [6.45, 7) is 1.17. The van der Waals surface area contributed by atoms with Crippen LogP contribution in [0.25, 0.3) is 0 Å². The van der Waals surface area contributed by atoms with Gasteiger partial charge in [-0.05, 0) is 53.9 Å². The number of hydrogen-bond donors (Lipinski definition) is 1. The number of hydrogen-bond acceptors (Lipinski definition) is 4. The Bertz CT molecular complexity index is 1300. The Morgan fingerprint density at radius 1 is 0.971 bits per heavy atom. The summed E-state index contributed by atoms with van der Waals surface area (Å²) in [5.41, 5.74) is 2.24. The van der Waals surface area contributed by atoms with Gasteiger partial charge < -0.3 is 10.2 Å². The highest BCUT2D eigenvalue weighted by Crippen LogP contribution is 2.24. The predicted molar refractivity (Wildman–Crippen MR) is 135 cm³/mol. The number of carbonyl (C=O) groups excluding carboxylic acids is 2. The van der Waals surface area contributed by atoms with Crippen LogP contribution < -0.4 is 9.62 Å². The lowest BCUT2D eigenvalue weighted by molar-refractivity contribution is -0.128. The topological polar surface area (TPSA) is 86.8 Å². The molecule has 0 saturated carbocycles. The molecule has 7 nitrogen and oxygen atoms in total. The van der Waals surface area contributed by atoms with Gasteiger partial charge in [-0.15, -0.1) is 0 Å². The van der Waals surface area contributed by atoms with E-state index < -0.39 is 15.9 Å². The zero-order valence-corrected chi connectivity index (χ0v) is 20.6. The number of benzene rings is 3. The first-order valence-corrected chi connectivity index (χ1v) is 13.1. The molecule has 1 N–H and O–H groups in total. The van der Waals surface area contributed by atoms with Crippen molar-refractivity contribution in [1.82, 2.24) is 10.2 Å². The van der Waals surface area contributed by atoms with Gasteiger partial charge in [0.15, 0.2) is 0 Å². The van der Waals surface area contributed by atoms with E-state index in [0.717, 1.165) is 28.4 Å². The molecule has 1 saturated heterocycles. The fourth-order valence-electron chi connectivity index (χ4n) is 3.96. The summed E-state index contributed by atoms with van der Waals surface area (Å²) >= 11 is 5.92. The molecule has 35 heavy (non-hydrogen) atoms. The first-order valence-electron chi connectivity index (χ1n) is 11.3. The van der Waals surface area contributed by atoms with E-state index in [-0.39, 0.29) is 23.9 Å². The van der Waals surface area contributed by atoms with Crippen molar-refractivity contribution in [2.24, 2.45) is 0 Å². The second-order valence-corrected chi connectivity index (χ2v) is 10.6. The maximum atomic E-state index is 13.4. The number of sulfonamides is 1. The SMILES string of the molecule is O=C(CN(c1ccccc1)S(=O)(=O)c1ccc(Cl)cc1)NCc1cccc(CN2CCCC2=O)c1. The fraction of sp³-hybridized carbons (Fsp3) is 0.231. The van der Waals surface area contributed by atoms with Gasteiger partial charge in [0.05, 0.1) is 10.6 Å². The number of likely N-dealkylation sites (tertiary alicyclic amines) is 1.